The lowest BCUT2D eigenvalue weighted by atomic mass is 9.90. The fourth-order valence-electron chi connectivity index (χ4n) is 4.89. The number of carbonyl (C=O) groups is 2. The van der Waals surface area contributed by atoms with Crippen LogP contribution in [0, 0.1) is 6.92 Å². The molecule has 8 nitrogen and oxygen atoms in total. The highest BCUT2D eigenvalue weighted by Crippen LogP contribution is 2.39. The second-order valence-corrected chi connectivity index (χ2v) is 12.4. The van der Waals surface area contributed by atoms with E-state index in [1.54, 1.807) is 23.5 Å². The number of nitrogens with zero attached hydrogens (tertiary/aromatic N) is 2. The first-order valence-corrected chi connectivity index (χ1v) is 15.4. The summed E-state index contributed by atoms with van der Waals surface area (Å²) in [4.78, 5) is 28.4. The van der Waals surface area contributed by atoms with Gasteiger partial charge in [0.05, 0.1) is 17.5 Å². The van der Waals surface area contributed by atoms with E-state index in [0.29, 0.717) is 31.9 Å². The van der Waals surface area contributed by atoms with Gasteiger partial charge in [-0.15, -0.1) is 11.3 Å². The Morgan fingerprint density at radius 3 is 2.54 bits per heavy atom. The molecule has 10 heteroatoms. The molecule has 1 unspecified atom stereocenters. The Morgan fingerprint density at radius 2 is 1.85 bits per heavy atom. The molecule has 1 aliphatic heterocycles. The van der Waals surface area contributed by atoms with Crippen molar-refractivity contribution >= 4 is 38.9 Å². The SMILES string of the molecule is CCOCCCN(CC(=O)N1CCc2sccc2C1c1ccccc1C)S(=O)(=O)c1ccc(NC(C)=O)cc1. The molecular weight excluding hydrogens is 534 g/mol. The number of amides is 2. The molecule has 0 saturated heterocycles. The summed E-state index contributed by atoms with van der Waals surface area (Å²) in [5.41, 5.74) is 3.74. The summed E-state index contributed by atoms with van der Waals surface area (Å²) in [6.45, 7) is 6.63. The molecule has 0 spiro atoms. The van der Waals surface area contributed by atoms with E-state index in [0.717, 1.165) is 23.1 Å². The van der Waals surface area contributed by atoms with Crippen molar-refractivity contribution in [3.05, 3.63) is 81.5 Å². The van der Waals surface area contributed by atoms with Gasteiger partial charge in [-0.25, -0.2) is 8.42 Å². The maximum Gasteiger partial charge on any atom is 0.243 e. The molecule has 0 saturated carbocycles. The molecular formula is C29H35N3O5S2. The Hall–Kier alpha value is -3.05. The van der Waals surface area contributed by atoms with Crippen molar-refractivity contribution in [1.82, 2.24) is 9.21 Å². The molecule has 0 radical (unpaired) electrons. The van der Waals surface area contributed by atoms with Gasteiger partial charge in [-0.05, 0) is 79.1 Å². The van der Waals surface area contributed by atoms with Crippen LogP contribution in [-0.2, 0) is 30.8 Å². The lowest BCUT2D eigenvalue weighted by Crippen LogP contribution is -2.47. The summed E-state index contributed by atoms with van der Waals surface area (Å²) in [5.74, 6) is -0.484. The normalized spacial score (nSPS) is 15.3. The Kier molecular flexibility index (Phi) is 9.55. The van der Waals surface area contributed by atoms with Gasteiger partial charge in [-0.3, -0.25) is 9.59 Å². The van der Waals surface area contributed by atoms with E-state index in [9.17, 15) is 18.0 Å². The minimum absolute atomic E-state index is 0.0648. The van der Waals surface area contributed by atoms with Crippen molar-refractivity contribution in [3.8, 4) is 0 Å². The van der Waals surface area contributed by atoms with Crippen molar-refractivity contribution in [3.63, 3.8) is 0 Å². The number of rotatable bonds is 11. The van der Waals surface area contributed by atoms with Crippen molar-refractivity contribution in [2.75, 3.05) is 38.2 Å². The lowest BCUT2D eigenvalue weighted by molar-refractivity contribution is -0.133. The number of benzene rings is 2. The number of hydrogen-bond acceptors (Lipinski definition) is 6. The molecule has 208 valence electrons. The molecule has 1 aliphatic rings. The maximum absolute atomic E-state index is 13.9. The second kappa shape index (κ2) is 12.9. The van der Waals surface area contributed by atoms with Crippen molar-refractivity contribution in [1.29, 1.82) is 0 Å². The summed E-state index contributed by atoms with van der Waals surface area (Å²) in [5, 5.41) is 4.70. The van der Waals surface area contributed by atoms with Crippen LogP contribution in [0.15, 0.2) is 64.9 Å². The van der Waals surface area contributed by atoms with Crippen LogP contribution in [0.25, 0.3) is 0 Å². The number of nitrogens with one attached hydrogen (secondary N) is 1. The minimum atomic E-state index is -3.99. The largest absolute Gasteiger partial charge is 0.382 e. The van der Waals surface area contributed by atoms with Crippen LogP contribution in [0.5, 0.6) is 0 Å². The third kappa shape index (κ3) is 6.75. The molecule has 1 N–H and O–H groups in total. The number of anilines is 1. The number of carbonyl (C=O) groups excluding carboxylic acids is 2. The van der Waals surface area contributed by atoms with E-state index in [-0.39, 0.29) is 35.8 Å². The number of ether oxygens (including phenoxy) is 1. The van der Waals surface area contributed by atoms with E-state index < -0.39 is 10.0 Å². The highest BCUT2D eigenvalue weighted by molar-refractivity contribution is 7.89. The van der Waals surface area contributed by atoms with Gasteiger partial charge < -0.3 is 15.0 Å². The molecule has 2 aromatic carbocycles. The van der Waals surface area contributed by atoms with Crippen LogP contribution in [0.1, 0.15) is 47.9 Å². The second-order valence-electron chi connectivity index (χ2n) is 9.49. The summed E-state index contributed by atoms with van der Waals surface area (Å²) in [7, 11) is -3.99. The summed E-state index contributed by atoms with van der Waals surface area (Å²) in [6.07, 6.45) is 1.20. The van der Waals surface area contributed by atoms with E-state index >= 15 is 0 Å². The van der Waals surface area contributed by atoms with Gasteiger partial charge in [0.15, 0.2) is 0 Å². The van der Waals surface area contributed by atoms with Crippen LogP contribution in [-0.4, -0.2) is 62.3 Å². The average molecular weight is 570 g/mol. The van der Waals surface area contributed by atoms with Gasteiger partial charge in [0.1, 0.15) is 0 Å². The summed E-state index contributed by atoms with van der Waals surface area (Å²) < 4.78 is 34.2. The van der Waals surface area contributed by atoms with E-state index in [1.807, 2.05) is 43.0 Å². The van der Waals surface area contributed by atoms with Crippen LogP contribution in [0.3, 0.4) is 0 Å². The monoisotopic (exact) mass is 569 g/mol. The van der Waals surface area contributed by atoms with E-state index in [4.69, 9.17) is 4.74 Å². The molecule has 1 atom stereocenters. The number of sulfonamides is 1. The fraction of sp³-hybridized carbons (Fsp3) is 0.379. The highest BCUT2D eigenvalue weighted by Gasteiger charge is 2.36. The first-order valence-electron chi connectivity index (χ1n) is 13.1. The van der Waals surface area contributed by atoms with Gasteiger partial charge in [0, 0.05) is 43.8 Å². The zero-order valence-electron chi connectivity index (χ0n) is 22.6. The Bertz CT molecular complexity index is 1400. The topological polar surface area (TPSA) is 96.0 Å². The lowest BCUT2D eigenvalue weighted by Gasteiger charge is -2.38. The first kappa shape index (κ1) is 28.9. The fourth-order valence-corrected chi connectivity index (χ4v) is 7.22. The van der Waals surface area contributed by atoms with Gasteiger partial charge >= 0.3 is 0 Å². The number of aryl methyl sites for hydroxylation is 1. The highest BCUT2D eigenvalue weighted by atomic mass is 32.2. The minimum Gasteiger partial charge on any atom is -0.382 e. The van der Waals surface area contributed by atoms with Crippen LogP contribution >= 0.6 is 11.3 Å². The number of thiophene rings is 1. The third-order valence-electron chi connectivity index (χ3n) is 6.79. The molecule has 0 aliphatic carbocycles. The van der Waals surface area contributed by atoms with Crippen LogP contribution in [0.2, 0.25) is 0 Å². The van der Waals surface area contributed by atoms with Gasteiger partial charge in [0.2, 0.25) is 21.8 Å². The van der Waals surface area contributed by atoms with Crippen molar-refractivity contribution in [2.24, 2.45) is 0 Å². The molecule has 0 fully saturated rings. The summed E-state index contributed by atoms with van der Waals surface area (Å²) in [6, 6.07) is 15.8. The van der Waals surface area contributed by atoms with E-state index in [1.165, 1.54) is 28.2 Å². The standard InChI is InChI=1S/C29H35N3O5S2/c1-4-37-18-7-16-31(39(35,36)24-12-10-23(11-13-24)30-22(3)33)20-28(34)32-17-14-27-26(15-19-38-27)29(32)25-9-6-5-8-21(25)2/h5-6,8-13,15,19,29H,4,7,14,16-18,20H2,1-3H3,(H,30,33). The number of fused-ring (bicyclic) bond motifs is 1. The Balaban J connectivity index is 1.62. The quantitative estimate of drug-likeness (QED) is 0.341. The van der Waals surface area contributed by atoms with Gasteiger partial charge in [-0.2, -0.15) is 4.31 Å². The van der Waals surface area contributed by atoms with Crippen molar-refractivity contribution in [2.45, 2.75) is 44.6 Å². The van der Waals surface area contributed by atoms with Gasteiger partial charge in [-0.1, -0.05) is 24.3 Å². The molecule has 2 heterocycles. The maximum atomic E-state index is 13.9. The third-order valence-corrected chi connectivity index (χ3v) is 9.65. The van der Waals surface area contributed by atoms with Crippen LogP contribution < -0.4 is 5.32 Å². The molecule has 2 amide bonds. The summed E-state index contributed by atoms with van der Waals surface area (Å²) >= 11 is 1.69. The predicted molar refractivity (Wildman–Crippen MR) is 153 cm³/mol. The average Bonchev–Trinajstić information content (AvgIpc) is 3.39. The Labute approximate surface area is 234 Å². The molecule has 1 aromatic heterocycles. The zero-order valence-corrected chi connectivity index (χ0v) is 24.2. The number of hydrogen-bond donors (Lipinski definition) is 1. The predicted octanol–water partition coefficient (Wildman–Crippen LogP) is 4.61. The molecule has 4 rings (SSSR count). The van der Waals surface area contributed by atoms with E-state index in [2.05, 4.69) is 16.8 Å². The van der Waals surface area contributed by atoms with Crippen LogP contribution in [0.4, 0.5) is 5.69 Å². The zero-order chi connectivity index (χ0) is 28.0. The molecule has 3 aromatic rings. The molecule has 0 bridgehead atoms. The smallest absolute Gasteiger partial charge is 0.243 e. The molecule has 39 heavy (non-hydrogen) atoms. The Morgan fingerprint density at radius 1 is 1.10 bits per heavy atom. The van der Waals surface area contributed by atoms with Gasteiger partial charge in [0.25, 0.3) is 0 Å². The van der Waals surface area contributed by atoms with Crippen molar-refractivity contribution < 1.29 is 22.7 Å². The first-order chi connectivity index (χ1) is 18.7.